The number of carbonyl (C=O) groups excluding carboxylic acids is 1. The second-order valence-corrected chi connectivity index (χ2v) is 9.37. The topological polar surface area (TPSA) is 79.8 Å². The van der Waals surface area contributed by atoms with Crippen LogP contribution in [0.3, 0.4) is 0 Å². The highest BCUT2D eigenvalue weighted by molar-refractivity contribution is 7.71. The zero-order valence-corrected chi connectivity index (χ0v) is 22.2. The van der Waals surface area contributed by atoms with Crippen molar-refractivity contribution in [3.05, 3.63) is 56.5 Å². The number of anilines is 1. The Morgan fingerprint density at radius 3 is 2.42 bits per heavy atom. The van der Waals surface area contributed by atoms with E-state index in [2.05, 4.69) is 9.88 Å². The van der Waals surface area contributed by atoms with Gasteiger partial charge in [-0.2, -0.15) is 0 Å². The molecule has 2 aromatic carbocycles. The summed E-state index contributed by atoms with van der Waals surface area (Å²) in [5, 5.41) is 1.18. The summed E-state index contributed by atoms with van der Waals surface area (Å²) in [6.07, 6.45) is 0.871. The molecule has 36 heavy (non-hydrogen) atoms. The summed E-state index contributed by atoms with van der Waals surface area (Å²) in [5.74, 6) is 1.17. The van der Waals surface area contributed by atoms with Crippen LogP contribution in [0.25, 0.3) is 10.9 Å². The summed E-state index contributed by atoms with van der Waals surface area (Å²) in [4.78, 5) is 33.3. The maximum Gasteiger partial charge on any atom is 0.262 e. The van der Waals surface area contributed by atoms with Crippen molar-refractivity contribution >= 4 is 46.3 Å². The number of halogens is 1. The van der Waals surface area contributed by atoms with Gasteiger partial charge in [-0.25, -0.2) is 0 Å². The monoisotopic (exact) mass is 530 g/mol. The molecule has 0 radical (unpaired) electrons. The van der Waals surface area contributed by atoms with Crippen molar-refractivity contribution in [2.45, 2.75) is 33.2 Å². The normalized spacial score (nSPS) is 13.8. The lowest BCUT2D eigenvalue weighted by Crippen LogP contribution is -2.48. The molecule has 192 valence electrons. The average Bonchev–Trinajstić information content (AvgIpc) is 2.87. The molecule has 4 rings (SSSR count). The summed E-state index contributed by atoms with van der Waals surface area (Å²) in [7, 11) is 0. The number of aromatic nitrogens is 2. The van der Waals surface area contributed by atoms with E-state index in [-0.39, 0.29) is 11.5 Å². The molecule has 1 aromatic heterocycles. The van der Waals surface area contributed by atoms with Crippen LogP contribution in [0, 0.1) is 4.77 Å². The smallest absolute Gasteiger partial charge is 0.262 e. The second kappa shape index (κ2) is 11.8. The summed E-state index contributed by atoms with van der Waals surface area (Å²) in [5.41, 5.74) is 1.46. The fourth-order valence-electron chi connectivity index (χ4n) is 4.43. The predicted molar refractivity (Wildman–Crippen MR) is 145 cm³/mol. The molecular formula is C26H31ClN4O4S. The first-order valence-corrected chi connectivity index (χ1v) is 13.0. The van der Waals surface area contributed by atoms with E-state index < -0.39 is 0 Å². The van der Waals surface area contributed by atoms with E-state index in [1.807, 2.05) is 43.0 Å². The predicted octanol–water partition coefficient (Wildman–Crippen LogP) is 4.64. The van der Waals surface area contributed by atoms with Crippen LogP contribution in [0.1, 0.15) is 26.7 Å². The number of nitrogens with one attached hydrogen (secondary N) is 1. The fourth-order valence-corrected chi connectivity index (χ4v) is 4.90. The molecule has 0 atom stereocenters. The number of hydrogen-bond acceptors (Lipinski definition) is 6. The minimum Gasteiger partial charge on any atom is -0.490 e. The van der Waals surface area contributed by atoms with Crippen molar-refractivity contribution in [3.63, 3.8) is 0 Å². The van der Waals surface area contributed by atoms with Crippen LogP contribution in [0.4, 0.5) is 5.69 Å². The Morgan fingerprint density at radius 1 is 1.06 bits per heavy atom. The van der Waals surface area contributed by atoms with Gasteiger partial charge in [-0.3, -0.25) is 14.2 Å². The first-order valence-electron chi connectivity index (χ1n) is 12.3. The molecule has 1 fully saturated rings. The van der Waals surface area contributed by atoms with Crippen LogP contribution >= 0.6 is 23.8 Å². The Kier molecular flexibility index (Phi) is 8.53. The number of fused-ring (bicyclic) bond motifs is 1. The number of H-pyrrole nitrogens is 1. The van der Waals surface area contributed by atoms with E-state index in [1.165, 1.54) is 4.57 Å². The Morgan fingerprint density at radius 2 is 1.75 bits per heavy atom. The maximum absolute atomic E-state index is 13.2. The average molecular weight is 531 g/mol. The van der Waals surface area contributed by atoms with E-state index in [4.69, 9.17) is 33.3 Å². The van der Waals surface area contributed by atoms with Crippen molar-refractivity contribution in [1.29, 1.82) is 0 Å². The van der Waals surface area contributed by atoms with Crippen LogP contribution in [0.15, 0.2) is 41.2 Å². The second-order valence-electron chi connectivity index (χ2n) is 8.55. The van der Waals surface area contributed by atoms with Crippen molar-refractivity contribution in [2.75, 3.05) is 44.3 Å². The summed E-state index contributed by atoms with van der Waals surface area (Å²) < 4.78 is 13.2. The van der Waals surface area contributed by atoms with E-state index in [9.17, 15) is 9.59 Å². The highest BCUT2D eigenvalue weighted by atomic mass is 35.5. The van der Waals surface area contributed by atoms with E-state index in [0.29, 0.717) is 77.9 Å². The highest BCUT2D eigenvalue weighted by Crippen LogP contribution is 2.31. The molecular weight excluding hydrogens is 500 g/mol. The molecule has 0 aliphatic carbocycles. The third kappa shape index (κ3) is 5.84. The molecule has 10 heteroatoms. The number of nitrogens with zero attached hydrogens (tertiary/aromatic N) is 3. The first-order chi connectivity index (χ1) is 17.4. The number of hydrogen-bond donors (Lipinski definition) is 1. The van der Waals surface area contributed by atoms with Gasteiger partial charge in [-0.15, -0.1) is 0 Å². The lowest BCUT2D eigenvalue weighted by Gasteiger charge is -2.36. The molecule has 0 unspecified atom stereocenters. The van der Waals surface area contributed by atoms with Crippen molar-refractivity contribution in [2.24, 2.45) is 0 Å². The Hall–Kier alpha value is -3.04. The summed E-state index contributed by atoms with van der Waals surface area (Å²) >= 11 is 11.6. The van der Waals surface area contributed by atoms with Gasteiger partial charge in [0.25, 0.3) is 5.56 Å². The van der Waals surface area contributed by atoms with E-state index in [1.54, 1.807) is 12.1 Å². The largest absolute Gasteiger partial charge is 0.490 e. The number of ether oxygens (including phenoxy) is 2. The highest BCUT2D eigenvalue weighted by Gasteiger charge is 2.21. The van der Waals surface area contributed by atoms with Gasteiger partial charge in [-0.05, 0) is 56.8 Å². The van der Waals surface area contributed by atoms with Gasteiger partial charge in [-0.1, -0.05) is 17.7 Å². The number of aromatic amines is 1. The Balaban J connectivity index is 1.39. The van der Waals surface area contributed by atoms with Gasteiger partial charge in [0, 0.05) is 55.9 Å². The number of piperazine rings is 1. The number of amides is 1. The third-order valence-corrected chi connectivity index (χ3v) is 6.78. The minimum absolute atomic E-state index is 0.0875. The Labute approximate surface area is 220 Å². The standard InChI is InChI=1S/C26H31ClN4O4S/c1-3-34-22-16-20-21(17-23(22)35-4-2)28-26(36)31(25(20)33)10-6-9-24(32)30-13-11-29(12-14-30)19-8-5-7-18(27)15-19/h5,7-8,15-17H,3-4,6,9-14H2,1-2H3,(H,28,36). The van der Waals surface area contributed by atoms with Gasteiger partial charge in [0.05, 0.1) is 24.1 Å². The molecule has 3 aromatic rings. The molecule has 2 heterocycles. The number of benzene rings is 2. The van der Waals surface area contributed by atoms with Crippen LogP contribution < -0.4 is 19.9 Å². The molecule has 1 saturated heterocycles. The van der Waals surface area contributed by atoms with Gasteiger partial charge in [0.2, 0.25) is 5.91 Å². The quantitative estimate of drug-likeness (QED) is 0.406. The van der Waals surface area contributed by atoms with Crippen molar-refractivity contribution < 1.29 is 14.3 Å². The number of rotatable bonds is 9. The molecule has 1 aliphatic rings. The van der Waals surface area contributed by atoms with Crippen LogP contribution in [-0.4, -0.2) is 59.8 Å². The van der Waals surface area contributed by atoms with Gasteiger partial charge < -0.3 is 24.3 Å². The van der Waals surface area contributed by atoms with Crippen LogP contribution in [-0.2, 0) is 11.3 Å². The molecule has 8 nitrogen and oxygen atoms in total. The summed E-state index contributed by atoms with van der Waals surface area (Å²) in [6, 6.07) is 11.2. The van der Waals surface area contributed by atoms with Crippen molar-refractivity contribution in [3.8, 4) is 11.5 Å². The molecule has 0 saturated carbocycles. The third-order valence-electron chi connectivity index (χ3n) is 6.22. The van der Waals surface area contributed by atoms with E-state index >= 15 is 0 Å². The SMILES string of the molecule is CCOc1cc2[nH]c(=S)n(CCCC(=O)N3CCN(c4cccc(Cl)c4)CC3)c(=O)c2cc1OCC. The summed E-state index contributed by atoms with van der Waals surface area (Å²) in [6.45, 7) is 7.89. The van der Waals surface area contributed by atoms with Crippen LogP contribution in [0.5, 0.6) is 11.5 Å². The molecule has 0 spiro atoms. The van der Waals surface area contributed by atoms with Crippen molar-refractivity contribution in [1.82, 2.24) is 14.5 Å². The molecule has 0 bridgehead atoms. The van der Waals surface area contributed by atoms with Gasteiger partial charge in [0.15, 0.2) is 16.3 Å². The van der Waals surface area contributed by atoms with Gasteiger partial charge in [0.1, 0.15) is 0 Å². The van der Waals surface area contributed by atoms with E-state index in [0.717, 1.165) is 18.8 Å². The molecule has 1 amide bonds. The molecule has 1 N–H and O–H groups in total. The molecule has 1 aliphatic heterocycles. The first kappa shape index (κ1) is 26.0. The lowest BCUT2D eigenvalue weighted by atomic mass is 10.2. The lowest BCUT2D eigenvalue weighted by molar-refractivity contribution is -0.131. The van der Waals surface area contributed by atoms with Crippen LogP contribution in [0.2, 0.25) is 5.02 Å². The fraction of sp³-hybridized carbons (Fsp3) is 0.423. The van der Waals surface area contributed by atoms with Gasteiger partial charge >= 0.3 is 0 Å². The minimum atomic E-state index is -0.208. The maximum atomic E-state index is 13.2. The zero-order valence-electron chi connectivity index (χ0n) is 20.6. The number of carbonyl (C=O) groups is 1. The Bertz CT molecular complexity index is 1350. The zero-order chi connectivity index (χ0) is 25.7.